The number of carbonyl (C=O) groups excluding carboxylic acids is 3. The largest absolute Gasteiger partial charge is 0.325 e. The predicted octanol–water partition coefficient (Wildman–Crippen LogP) is 2.40. The number of rotatable bonds is 3. The lowest BCUT2D eigenvalue weighted by molar-refractivity contribution is -0.131. The van der Waals surface area contributed by atoms with E-state index >= 15 is 0 Å². The fourth-order valence-corrected chi connectivity index (χ4v) is 3.56. The normalized spacial score (nSPS) is 19.1. The van der Waals surface area contributed by atoms with Crippen molar-refractivity contribution < 1.29 is 18.8 Å². The van der Waals surface area contributed by atoms with Crippen molar-refractivity contribution >= 4 is 23.5 Å². The molecule has 1 N–H and O–H groups in total. The molecule has 4 amide bonds. The van der Waals surface area contributed by atoms with Gasteiger partial charge in [0, 0.05) is 12.2 Å². The van der Waals surface area contributed by atoms with E-state index in [2.05, 4.69) is 5.32 Å². The molecule has 1 fully saturated rings. The molecule has 0 unspecified atom stereocenters. The fraction of sp³-hybridized carbons (Fsp3) is 0.250. The number of benzene rings is 2. The third kappa shape index (κ3) is 3.16. The van der Waals surface area contributed by atoms with Crippen LogP contribution in [0.15, 0.2) is 48.5 Å². The van der Waals surface area contributed by atoms with Crippen LogP contribution < -0.4 is 10.2 Å². The Hall–Kier alpha value is -3.22. The van der Waals surface area contributed by atoms with Crippen LogP contribution in [0.5, 0.6) is 0 Å². The smallest absolute Gasteiger partial charge is 0.322 e. The van der Waals surface area contributed by atoms with Gasteiger partial charge in [-0.05, 0) is 42.2 Å². The minimum atomic E-state index is -0.903. The Balaban J connectivity index is 1.51. The summed E-state index contributed by atoms with van der Waals surface area (Å²) in [6, 6.07) is 11.5. The topological polar surface area (TPSA) is 69.7 Å². The molecule has 7 heteroatoms. The number of nitrogens with zero attached hydrogens (tertiary/aromatic N) is 2. The molecule has 0 aliphatic carbocycles. The molecule has 138 valence electrons. The first-order valence-corrected chi connectivity index (χ1v) is 8.80. The highest BCUT2D eigenvalue weighted by Gasteiger charge is 2.40. The summed E-state index contributed by atoms with van der Waals surface area (Å²) < 4.78 is 13.1. The van der Waals surface area contributed by atoms with E-state index in [4.69, 9.17) is 0 Å². The van der Waals surface area contributed by atoms with Crippen LogP contribution in [0.1, 0.15) is 23.6 Å². The average Bonchev–Trinajstić information content (AvgIpc) is 2.96. The molecule has 6 nitrogen and oxygen atoms in total. The number of hydrogen-bond donors (Lipinski definition) is 1. The minimum Gasteiger partial charge on any atom is -0.322 e. The molecule has 1 atom stereocenters. The number of hydrogen-bond acceptors (Lipinski definition) is 3. The molecular formula is C20H18FN3O3. The van der Waals surface area contributed by atoms with E-state index in [1.165, 1.54) is 24.3 Å². The number of imide groups is 1. The van der Waals surface area contributed by atoms with Gasteiger partial charge in [0.25, 0.3) is 5.91 Å². The van der Waals surface area contributed by atoms with Gasteiger partial charge in [0.15, 0.2) is 0 Å². The number of aryl methyl sites for hydroxylation is 1. The summed E-state index contributed by atoms with van der Waals surface area (Å²) >= 11 is 0. The van der Waals surface area contributed by atoms with Crippen molar-refractivity contribution in [3.63, 3.8) is 0 Å². The molecule has 1 saturated heterocycles. The quantitative estimate of drug-likeness (QED) is 0.847. The molecule has 2 aromatic rings. The van der Waals surface area contributed by atoms with E-state index in [1.807, 2.05) is 24.3 Å². The van der Waals surface area contributed by atoms with Gasteiger partial charge in [0.1, 0.15) is 18.4 Å². The number of anilines is 1. The van der Waals surface area contributed by atoms with E-state index in [-0.39, 0.29) is 12.5 Å². The lowest BCUT2D eigenvalue weighted by Crippen LogP contribution is -2.45. The zero-order valence-corrected chi connectivity index (χ0v) is 14.5. The van der Waals surface area contributed by atoms with Crippen LogP contribution >= 0.6 is 0 Å². The first-order chi connectivity index (χ1) is 13.0. The van der Waals surface area contributed by atoms with Crippen LogP contribution in [-0.4, -0.2) is 35.8 Å². The van der Waals surface area contributed by atoms with Gasteiger partial charge in [-0.1, -0.05) is 30.3 Å². The van der Waals surface area contributed by atoms with E-state index in [0.29, 0.717) is 12.1 Å². The summed E-state index contributed by atoms with van der Waals surface area (Å²) in [5, 5.41) is 2.56. The maximum atomic E-state index is 13.1. The van der Waals surface area contributed by atoms with Crippen molar-refractivity contribution in [1.82, 2.24) is 10.2 Å². The predicted molar refractivity (Wildman–Crippen MR) is 96.5 cm³/mol. The maximum Gasteiger partial charge on any atom is 0.325 e. The Kier molecular flexibility index (Phi) is 4.35. The number of para-hydroxylation sites is 1. The zero-order chi connectivity index (χ0) is 19.0. The molecule has 0 aromatic heterocycles. The first kappa shape index (κ1) is 17.2. The van der Waals surface area contributed by atoms with Crippen molar-refractivity contribution in [2.75, 3.05) is 18.0 Å². The Morgan fingerprint density at radius 2 is 1.85 bits per heavy atom. The maximum absolute atomic E-state index is 13.1. The van der Waals surface area contributed by atoms with Crippen molar-refractivity contribution in [3.8, 4) is 0 Å². The Morgan fingerprint density at radius 1 is 1.11 bits per heavy atom. The minimum absolute atomic E-state index is 0.301. The third-order valence-electron chi connectivity index (χ3n) is 4.93. The van der Waals surface area contributed by atoms with E-state index < -0.39 is 23.8 Å². The lowest BCUT2D eigenvalue weighted by atomic mass is 10.0. The summed E-state index contributed by atoms with van der Waals surface area (Å²) in [5.74, 6) is -1.23. The van der Waals surface area contributed by atoms with Crippen LogP contribution in [0.3, 0.4) is 0 Å². The molecule has 2 aliphatic heterocycles. The zero-order valence-electron chi connectivity index (χ0n) is 14.5. The molecule has 0 radical (unpaired) electrons. The third-order valence-corrected chi connectivity index (χ3v) is 4.93. The molecule has 2 heterocycles. The monoisotopic (exact) mass is 367 g/mol. The average molecular weight is 367 g/mol. The van der Waals surface area contributed by atoms with Crippen LogP contribution in [-0.2, 0) is 16.0 Å². The Morgan fingerprint density at radius 3 is 2.63 bits per heavy atom. The second-order valence-electron chi connectivity index (χ2n) is 6.64. The molecule has 0 bridgehead atoms. The summed E-state index contributed by atoms with van der Waals surface area (Å²) in [6.07, 6.45) is 1.73. The van der Waals surface area contributed by atoms with Crippen LogP contribution in [0.25, 0.3) is 0 Å². The second kappa shape index (κ2) is 6.83. The molecule has 4 rings (SSSR count). The molecular weight excluding hydrogens is 349 g/mol. The summed E-state index contributed by atoms with van der Waals surface area (Å²) in [4.78, 5) is 40.2. The molecule has 2 aliphatic rings. The van der Waals surface area contributed by atoms with Gasteiger partial charge in [-0.2, -0.15) is 0 Å². The molecule has 2 aromatic carbocycles. The highest BCUT2D eigenvalue weighted by molar-refractivity contribution is 6.08. The fourth-order valence-electron chi connectivity index (χ4n) is 3.56. The van der Waals surface area contributed by atoms with Crippen molar-refractivity contribution in [1.29, 1.82) is 0 Å². The number of nitrogens with one attached hydrogen (secondary N) is 1. The second-order valence-corrected chi connectivity index (χ2v) is 6.64. The number of halogens is 1. The molecule has 27 heavy (non-hydrogen) atoms. The lowest BCUT2D eigenvalue weighted by Gasteiger charge is -2.30. The number of fused-ring (bicyclic) bond motifs is 1. The van der Waals surface area contributed by atoms with E-state index in [0.717, 1.165) is 29.0 Å². The van der Waals surface area contributed by atoms with Gasteiger partial charge in [0.2, 0.25) is 5.91 Å². The van der Waals surface area contributed by atoms with Crippen LogP contribution in [0.2, 0.25) is 0 Å². The van der Waals surface area contributed by atoms with Crippen LogP contribution in [0, 0.1) is 5.82 Å². The molecule has 0 spiro atoms. The molecule has 0 saturated carbocycles. The Bertz CT molecular complexity index is 913. The van der Waals surface area contributed by atoms with Crippen molar-refractivity contribution in [2.45, 2.75) is 18.9 Å². The highest BCUT2D eigenvalue weighted by Crippen LogP contribution is 2.28. The van der Waals surface area contributed by atoms with Crippen molar-refractivity contribution in [3.05, 3.63) is 65.5 Å². The summed E-state index contributed by atoms with van der Waals surface area (Å²) in [5.41, 5.74) is 2.39. The van der Waals surface area contributed by atoms with Gasteiger partial charge in [0.05, 0.1) is 0 Å². The number of urea groups is 1. The Labute approximate surface area is 155 Å². The number of amides is 4. The van der Waals surface area contributed by atoms with Crippen LogP contribution in [0.4, 0.5) is 14.9 Å². The van der Waals surface area contributed by atoms with Gasteiger partial charge in [-0.3, -0.25) is 14.5 Å². The van der Waals surface area contributed by atoms with Gasteiger partial charge < -0.3 is 10.2 Å². The number of carbonyl (C=O) groups is 3. The van der Waals surface area contributed by atoms with E-state index in [9.17, 15) is 18.8 Å². The first-order valence-electron chi connectivity index (χ1n) is 8.80. The standard InChI is InChI=1S/C20H18FN3O3/c21-15-9-7-14(8-10-15)18-19(26)24(20(27)22-18)12-17(25)23-11-3-5-13-4-1-2-6-16(13)23/h1-2,4,6-10,18H,3,5,11-12H2,(H,22,27)/t18-/m1/s1. The van der Waals surface area contributed by atoms with Gasteiger partial charge in [-0.15, -0.1) is 0 Å². The SMILES string of the molecule is O=C1N[C@H](c2ccc(F)cc2)C(=O)N1CC(=O)N1CCCc2ccccc21. The van der Waals surface area contributed by atoms with Crippen molar-refractivity contribution in [2.24, 2.45) is 0 Å². The van der Waals surface area contributed by atoms with Gasteiger partial charge in [-0.25, -0.2) is 9.18 Å². The highest BCUT2D eigenvalue weighted by atomic mass is 19.1. The van der Waals surface area contributed by atoms with Gasteiger partial charge >= 0.3 is 6.03 Å². The summed E-state index contributed by atoms with van der Waals surface area (Å²) in [7, 11) is 0. The summed E-state index contributed by atoms with van der Waals surface area (Å²) in [6.45, 7) is 0.234. The van der Waals surface area contributed by atoms with E-state index in [1.54, 1.807) is 4.90 Å².